The number of pyridine rings is 2. The lowest BCUT2D eigenvalue weighted by Gasteiger charge is -2.25. The fourth-order valence-electron chi connectivity index (χ4n) is 6.33. The van der Waals surface area contributed by atoms with Crippen molar-refractivity contribution in [3.05, 3.63) is 136 Å². The van der Waals surface area contributed by atoms with Gasteiger partial charge in [0.15, 0.2) is 0 Å². The van der Waals surface area contributed by atoms with E-state index in [1.165, 1.54) is 0 Å². The molecule has 0 aliphatic carbocycles. The predicted octanol–water partition coefficient (Wildman–Crippen LogP) is 12.5. The molecule has 0 saturated carbocycles. The zero-order valence-electron chi connectivity index (χ0n) is 26.7. The van der Waals surface area contributed by atoms with Gasteiger partial charge >= 0.3 is 0 Å². The van der Waals surface area contributed by atoms with Crippen molar-refractivity contribution in [1.29, 1.82) is 0 Å². The second-order valence-corrected chi connectivity index (χ2v) is 15.5. The maximum atomic E-state index is 15.3. The Balaban J connectivity index is 1.94. The van der Waals surface area contributed by atoms with Gasteiger partial charge in [-0.2, -0.15) is 0 Å². The minimum Gasteiger partial charge on any atom is -0.307 e. The van der Waals surface area contributed by atoms with Gasteiger partial charge in [-0.1, -0.05) is 139 Å². The summed E-state index contributed by atoms with van der Waals surface area (Å²) in [5.41, 5.74) is 6.26. The first-order valence-electron chi connectivity index (χ1n) is 16.1. The largest absolute Gasteiger partial charge is 0.307 e. The molecule has 0 amide bonds. The molecule has 2 heterocycles. The molecule has 0 aliphatic rings. The van der Waals surface area contributed by atoms with Crippen LogP contribution in [0, 0.1) is 0 Å². The maximum absolute atomic E-state index is 15.3. The van der Waals surface area contributed by atoms with Crippen LogP contribution in [0.2, 0.25) is 0 Å². The van der Waals surface area contributed by atoms with Crippen molar-refractivity contribution in [1.82, 2.24) is 9.13 Å². The van der Waals surface area contributed by atoms with Crippen LogP contribution in [-0.4, -0.2) is 9.13 Å². The Labute approximate surface area is 314 Å². The van der Waals surface area contributed by atoms with Crippen LogP contribution in [-0.2, 0) is 13.1 Å². The number of hydrogen-bond acceptors (Lipinski definition) is 2. The highest BCUT2D eigenvalue weighted by Crippen LogP contribution is 2.43. The molecule has 2 aromatic heterocycles. The lowest BCUT2D eigenvalue weighted by atomic mass is 9.88. The van der Waals surface area contributed by atoms with Gasteiger partial charge in [0.2, 0.25) is 0 Å². The summed E-state index contributed by atoms with van der Waals surface area (Å²) in [6, 6.07) is 32.2. The van der Waals surface area contributed by atoms with Gasteiger partial charge < -0.3 is 9.13 Å². The normalized spacial score (nSPS) is 11.4. The number of unbranched alkanes of at least 4 members (excludes halogenated alkanes) is 2. The minimum atomic E-state index is -0.159. The van der Waals surface area contributed by atoms with E-state index in [0.29, 0.717) is 23.9 Å². The molecule has 0 spiro atoms. The Bertz CT molecular complexity index is 2040. The molecular weight excluding hydrogens is 860 g/mol. The second-order valence-electron chi connectivity index (χ2n) is 11.8. The van der Waals surface area contributed by atoms with Crippen molar-refractivity contribution < 1.29 is 0 Å². The van der Waals surface area contributed by atoms with Gasteiger partial charge in [-0.05, 0) is 83.6 Å². The van der Waals surface area contributed by atoms with Crippen molar-refractivity contribution in [2.45, 2.75) is 52.6 Å². The molecule has 6 rings (SSSR count). The summed E-state index contributed by atoms with van der Waals surface area (Å²) < 4.78 is 7.59. The first-order chi connectivity index (χ1) is 23.2. The molecule has 4 nitrogen and oxygen atoms in total. The number of benzene rings is 4. The average molecular weight is 894 g/mol. The van der Waals surface area contributed by atoms with Crippen molar-refractivity contribution in [2.75, 3.05) is 0 Å². The predicted molar refractivity (Wildman–Crippen MR) is 215 cm³/mol. The topological polar surface area (TPSA) is 44.0 Å². The monoisotopic (exact) mass is 890 g/mol. The Morgan fingerprint density at radius 1 is 0.438 bits per heavy atom. The number of fused-ring (bicyclic) bond motifs is 1. The third-order valence-corrected chi connectivity index (χ3v) is 10.8. The molecule has 0 atom stereocenters. The van der Waals surface area contributed by atoms with E-state index in [0.717, 1.165) is 88.3 Å². The molecule has 0 fully saturated rings. The fourth-order valence-corrected chi connectivity index (χ4v) is 7.39. The van der Waals surface area contributed by atoms with Crippen LogP contribution in [0.5, 0.6) is 0 Å². The summed E-state index contributed by atoms with van der Waals surface area (Å²) in [4.78, 5) is 30.6. The molecule has 4 aromatic carbocycles. The van der Waals surface area contributed by atoms with Gasteiger partial charge in [-0.25, -0.2) is 0 Å². The van der Waals surface area contributed by atoms with E-state index in [1.807, 2.05) is 106 Å². The van der Waals surface area contributed by atoms with Gasteiger partial charge in [0.1, 0.15) is 0 Å². The first kappa shape index (κ1) is 34.8. The molecule has 0 unspecified atom stereocenters. The third kappa shape index (κ3) is 6.87. The molecule has 244 valence electrons. The zero-order chi connectivity index (χ0) is 33.9. The Hall–Kier alpha value is -3.04. The van der Waals surface area contributed by atoms with Crippen molar-refractivity contribution >= 4 is 74.5 Å². The molecule has 0 aliphatic heterocycles. The fraction of sp³-hybridized carbons (Fsp3) is 0.200. The first-order valence-corrected chi connectivity index (χ1v) is 19.3. The SMILES string of the molecule is CCCCn1c(-c2ccc(Br)cc2)c(-c2ccc(Br)cc2)c2c(=O)n(CCCC)c(-c3ccc(Br)cc3)c(-c3ccc(Br)cc3)c2c1=O. The van der Waals surface area contributed by atoms with E-state index in [1.54, 1.807) is 0 Å². The standard InChI is InChI=1S/C40H34Br4N2O2/c1-3-5-23-45-37(27-11-19-31(43)20-12-27)33(25-7-15-29(41)16-8-25)36-35(39(45)47)34(26-9-17-30(42)18-10-26)38(28-13-21-32(44)22-14-28)46(40(36)48)24-6-4-2/h7-22H,3-6,23-24H2,1-2H3. The lowest BCUT2D eigenvalue weighted by molar-refractivity contribution is 0.617. The molecule has 0 N–H and O–H groups in total. The summed E-state index contributed by atoms with van der Waals surface area (Å²) in [6.45, 7) is 5.30. The zero-order valence-corrected chi connectivity index (χ0v) is 33.0. The van der Waals surface area contributed by atoms with Gasteiger partial charge in [-0.15, -0.1) is 0 Å². The van der Waals surface area contributed by atoms with E-state index in [2.05, 4.69) is 77.6 Å². The van der Waals surface area contributed by atoms with E-state index >= 15 is 9.59 Å². The number of aromatic nitrogens is 2. The summed E-state index contributed by atoms with van der Waals surface area (Å²) in [5, 5.41) is 0.894. The number of halogens is 4. The van der Waals surface area contributed by atoms with Crippen LogP contribution >= 0.6 is 63.7 Å². The van der Waals surface area contributed by atoms with Gasteiger partial charge in [0.05, 0.1) is 22.2 Å². The highest BCUT2D eigenvalue weighted by Gasteiger charge is 2.28. The van der Waals surface area contributed by atoms with Gasteiger partial charge in [-0.3, -0.25) is 9.59 Å². The van der Waals surface area contributed by atoms with Crippen molar-refractivity contribution in [3.8, 4) is 44.8 Å². The van der Waals surface area contributed by atoms with Gasteiger partial charge in [0, 0.05) is 42.1 Å². The van der Waals surface area contributed by atoms with E-state index in [-0.39, 0.29) is 11.1 Å². The molecule has 8 heteroatoms. The maximum Gasteiger partial charge on any atom is 0.259 e. The molecule has 6 aromatic rings. The number of rotatable bonds is 10. The highest BCUT2D eigenvalue weighted by molar-refractivity contribution is 9.11. The Kier molecular flexibility index (Phi) is 11.1. The molecule has 48 heavy (non-hydrogen) atoms. The van der Waals surface area contributed by atoms with Crippen LogP contribution in [0.4, 0.5) is 0 Å². The van der Waals surface area contributed by atoms with Crippen LogP contribution in [0.25, 0.3) is 55.5 Å². The lowest BCUT2D eigenvalue weighted by Crippen LogP contribution is -2.30. The van der Waals surface area contributed by atoms with E-state index in [9.17, 15) is 0 Å². The number of hydrogen-bond donors (Lipinski definition) is 0. The molecular formula is C40H34Br4N2O2. The van der Waals surface area contributed by atoms with Crippen LogP contribution in [0.15, 0.2) is 125 Å². The van der Waals surface area contributed by atoms with Crippen molar-refractivity contribution in [3.63, 3.8) is 0 Å². The molecule has 0 saturated heterocycles. The minimum absolute atomic E-state index is 0.159. The van der Waals surface area contributed by atoms with E-state index < -0.39 is 0 Å². The van der Waals surface area contributed by atoms with Crippen LogP contribution in [0.1, 0.15) is 39.5 Å². The molecule has 0 radical (unpaired) electrons. The Morgan fingerprint density at radius 2 is 0.708 bits per heavy atom. The summed E-state index contributed by atoms with van der Waals surface area (Å²) in [6.07, 6.45) is 3.46. The molecule has 0 bridgehead atoms. The summed E-state index contributed by atoms with van der Waals surface area (Å²) in [7, 11) is 0. The quantitative estimate of drug-likeness (QED) is 0.138. The Morgan fingerprint density at radius 3 is 0.979 bits per heavy atom. The third-order valence-electron chi connectivity index (χ3n) is 8.65. The highest BCUT2D eigenvalue weighted by atomic mass is 79.9. The van der Waals surface area contributed by atoms with Crippen LogP contribution < -0.4 is 11.1 Å². The summed E-state index contributed by atoms with van der Waals surface area (Å²) >= 11 is 14.4. The van der Waals surface area contributed by atoms with Crippen molar-refractivity contribution in [2.24, 2.45) is 0 Å². The average Bonchev–Trinajstić information content (AvgIpc) is 3.09. The van der Waals surface area contributed by atoms with E-state index in [4.69, 9.17) is 0 Å². The number of nitrogens with zero attached hydrogens (tertiary/aromatic N) is 2. The second kappa shape index (κ2) is 15.2. The van der Waals surface area contributed by atoms with Gasteiger partial charge in [0.25, 0.3) is 11.1 Å². The van der Waals surface area contributed by atoms with Crippen LogP contribution in [0.3, 0.4) is 0 Å². The summed E-state index contributed by atoms with van der Waals surface area (Å²) in [5.74, 6) is 0. The smallest absolute Gasteiger partial charge is 0.259 e.